The number of nitrogens with two attached hydrogens (primary N) is 1. The van der Waals surface area contributed by atoms with Gasteiger partial charge in [0, 0.05) is 16.9 Å². The van der Waals surface area contributed by atoms with Gasteiger partial charge in [0.1, 0.15) is 5.75 Å². The maximum Gasteiger partial charge on any atom is 0.255 e. The van der Waals surface area contributed by atoms with E-state index in [1.54, 1.807) is 18.2 Å². The zero-order chi connectivity index (χ0) is 14.4. The van der Waals surface area contributed by atoms with E-state index in [0.29, 0.717) is 22.7 Å². The van der Waals surface area contributed by atoms with Crippen LogP contribution in [0.2, 0.25) is 0 Å². The monoisotopic (exact) mass is 344 g/mol. The lowest BCUT2D eigenvalue weighted by Gasteiger charge is -2.17. The minimum Gasteiger partial charge on any atom is -0.496 e. The van der Waals surface area contributed by atoms with Crippen LogP contribution in [0, 0.1) is 0 Å². The molecule has 1 aromatic rings. The van der Waals surface area contributed by atoms with Crippen molar-refractivity contribution < 1.29 is 9.53 Å². The molecule has 0 aliphatic carbocycles. The molecule has 6 heteroatoms. The number of rotatable bonds is 6. The van der Waals surface area contributed by atoms with Crippen LogP contribution in [0.15, 0.2) is 22.7 Å². The van der Waals surface area contributed by atoms with Crippen molar-refractivity contribution in [3.63, 3.8) is 0 Å². The van der Waals surface area contributed by atoms with E-state index in [2.05, 4.69) is 21.2 Å². The number of hydrogen-bond donors (Lipinski definition) is 2. The Kier molecular flexibility index (Phi) is 6.24. The van der Waals surface area contributed by atoms with E-state index >= 15 is 0 Å². The maximum absolute atomic E-state index is 12.2. The number of carbonyl (C=O) groups excluding carboxylic acids is 1. The number of ether oxygens (including phenoxy) is 1. The van der Waals surface area contributed by atoms with E-state index in [4.69, 9.17) is 22.7 Å². The quantitative estimate of drug-likeness (QED) is 0.778. The summed E-state index contributed by atoms with van der Waals surface area (Å²) in [5.74, 6) is 0.338. The highest BCUT2D eigenvalue weighted by atomic mass is 79.9. The molecule has 104 valence electrons. The van der Waals surface area contributed by atoms with Gasteiger partial charge in [-0.3, -0.25) is 4.79 Å². The highest BCUT2D eigenvalue weighted by molar-refractivity contribution is 9.10. The molecule has 0 spiro atoms. The first-order valence-electron chi connectivity index (χ1n) is 5.90. The van der Waals surface area contributed by atoms with Crippen molar-refractivity contribution in [2.75, 3.05) is 7.11 Å². The van der Waals surface area contributed by atoms with Gasteiger partial charge in [-0.25, -0.2) is 0 Å². The van der Waals surface area contributed by atoms with Crippen LogP contribution in [0.25, 0.3) is 0 Å². The van der Waals surface area contributed by atoms with Gasteiger partial charge in [0.15, 0.2) is 0 Å². The van der Waals surface area contributed by atoms with Crippen LogP contribution in [-0.2, 0) is 0 Å². The summed E-state index contributed by atoms with van der Waals surface area (Å²) in [6.07, 6.45) is 1.26. The van der Waals surface area contributed by atoms with E-state index in [1.165, 1.54) is 7.11 Å². The second-order valence-electron chi connectivity index (χ2n) is 4.09. The Bertz CT molecular complexity index is 480. The van der Waals surface area contributed by atoms with Gasteiger partial charge in [-0.05, 0) is 24.6 Å². The highest BCUT2D eigenvalue weighted by Gasteiger charge is 2.16. The molecule has 1 unspecified atom stereocenters. The van der Waals surface area contributed by atoms with Crippen molar-refractivity contribution in [3.8, 4) is 5.75 Å². The molecule has 0 bridgehead atoms. The van der Waals surface area contributed by atoms with Gasteiger partial charge in [0.25, 0.3) is 5.91 Å². The fourth-order valence-corrected chi connectivity index (χ4v) is 2.20. The number of hydrogen-bond acceptors (Lipinski definition) is 3. The Labute approximate surface area is 126 Å². The van der Waals surface area contributed by atoms with Gasteiger partial charge in [0.2, 0.25) is 0 Å². The summed E-state index contributed by atoms with van der Waals surface area (Å²) in [6.45, 7) is 1.97. The molecule has 4 nitrogen and oxygen atoms in total. The number of halogens is 1. The van der Waals surface area contributed by atoms with Gasteiger partial charge in [-0.15, -0.1) is 0 Å². The Balaban J connectivity index is 2.85. The van der Waals surface area contributed by atoms with E-state index in [9.17, 15) is 4.79 Å². The lowest BCUT2D eigenvalue weighted by atomic mass is 10.1. The van der Waals surface area contributed by atoms with Crippen molar-refractivity contribution in [3.05, 3.63) is 28.2 Å². The molecular weight excluding hydrogens is 328 g/mol. The minimum atomic E-state index is -0.188. The fraction of sp³-hybridized carbons (Fsp3) is 0.385. The van der Waals surface area contributed by atoms with Gasteiger partial charge in [-0.2, -0.15) is 0 Å². The topological polar surface area (TPSA) is 64.3 Å². The predicted octanol–water partition coefficient (Wildman–Crippen LogP) is 2.64. The second kappa shape index (κ2) is 7.45. The number of benzene rings is 1. The van der Waals surface area contributed by atoms with Crippen LogP contribution >= 0.6 is 28.1 Å². The minimum absolute atomic E-state index is 0.0571. The Morgan fingerprint density at radius 3 is 2.79 bits per heavy atom. The lowest BCUT2D eigenvalue weighted by Crippen LogP contribution is -2.37. The molecule has 1 atom stereocenters. The van der Waals surface area contributed by atoms with Crippen LogP contribution in [0.1, 0.15) is 30.1 Å². The molecule has 3 N–H and O–H groups in total. The van der Waals surface area contributed by atoms with Crippen LogP contribution in [-0.4, -0.2) is 24.0 Å². The first kappa shape index (κ1) is 15.9. The Hall–Kier alpha value is -1.14. The molecule has 1 aromatic carbocycles. The summed E-state index contributed by atoms with van der Waals surface area (Å²) >= 11 is 8.21. The van der Waals surface area contributed by atoms with Gasteiger partial charge >= 0.3 is 0 Å². The second-order valence-corrected chi connectivity index (χ2v) is 5.53. The van der Waals surface area contributed by atoms with E-state index < -0.39 is 0 Å². The van der Waals surface area contributed by atoms with Crippen LogP contribution in [0.4, 0.5) is 0 Å². The number of nitrogens with one attached hydrogen (secondary N) is 1. The maximum atomic E-state index is 12.2. The zero-order valence-electron chi connectivity index (χ0n) is 10.9. The van der Waals surface area contributed by atoms with Gasteiger partial charge in [-0.1, -0.05) is 35.1 Å². The summed E-state index contributed by atoms with van der Waals surface area (Å²) in [7, 11) is 1.53. The molecule has 0 aliphatic rings. The largest absolute Gasteiger partial charge is 0.496 e. The molecule has 1 amide bonds. The average Bonchev–Trinajstić information content (AvgIpc) is 2.36. The third kappa shape index (κ3) is 4.80. The van der Waals surface area contributed by atoms with E-state index in [0.717, 1.165) is 10.9 Å². The molecular formula is C13H17BrN2O2S. The Morgan fingerprint density at radius 2 is 2.26 bits per heavy atom. The van der Waals surface area contributed by atoms with Crippen LogP contribution in [0.3, 0.4) is 0 Å². The summed E-state index contributed by atoms with van der Waals surface area (Å²) in [6, 6.07) is 5.21. The molecule has 0 radical (unpaired) electrons. The average molecular weight is 345 g/mol. The van der Waals surface area contributed by atoms with Gasteiger partial charge in [0.05, 0.1) is 17.7 Å². The third-order valence-electron chi connectivity index (χ3n) is 2.68. The van der Waals surface area contributed by atoms with Crippen LogP contribution < -0.4 is 15.8 Å². The lowest BCUT2D eigenvalue weighted by molar-refractivity contribution is 0.0934. The molecule has 0 heterocycles. The zero-order valence-corrected chi connectivity index (χ0v) is 13.3. The number of methoxy groups -OCH3 is 1. The number of thiocarbonyl (C=S) groups is 1. The smallest absolute Gasteiger partial charge is 0.255 e. The SMILES string of the molecule is CCC(CC(N)=S)NC(=O)c1ccc(Br)cc1OC. The van der Waals surface area contributed by atoms with Crippen molar-refractivity contribution in [2.24, 2.45) is 5.73 Å². The number of amides is 1. The first-order valence-corrected chi connectivity index (χ1v) is 7.10. The molecule has 0 fully saturated rings. The molecule has 19 heavy (non-hydrogen) atoms. The van der Waals surface area contributed by atoms with Crippen molar-refractivity contribution in [1.29, 1.82) is 0 Å². The third-order valence-corrected chi connectivity index (χ3v) is 3.34. The standard InChI is InChI=1S/C13H17BrN2O2S/c1-3-9(7-12(15)19)16-13(17)10-5-4-8(14)6-11(10)18-2/h4-6,9H,3,7H2,1-2H3,(H2,15,19)(H,16,17). The normalized spacial score (nSPS) is 11.7. The summed E-state index contributed by atoms with van der Waals surface area (Å²) in [5.41, 5.74) is 6.00. The molecule has 0 aliphatic heterocycles. The van der Waals surface area contributed by atoms with Crippen molar-refractivity contribution >= 4 is 39.0 Å². The summed E-state index contributed by atoms with van der Waals surface area (Å²) in [4.78, 5) is 12.6. The highest BCUT2D eigenvalue weighted by Crippen LogP contribution is 2.23. The van der Waals surface area contributed by atoms with E-state index in [-0.39, 0.29) is 11.9 Å². The van der Waals surface area contributed by atoms with Gasteiger partial charge < -0.3 is 15.8 Å². The Morgan fingerprint density at radius 1 is 1.58 bits per heavy atom. The van der Waals surface area contributed by atoms with Crippen LogP contribution in [0.5, 0.6) is 5.75 Å². The summed E-state index contributed by atoms with van der Waals surface area (Å²) in [5, 5.41) is 2.91. The first-order chi connectivity index (χ1) is 8.97. The van der Waals surface area contributed by atoms with E-state index in [1.807, 2.05) is 6.92 Å². The molecule has 0 saturated heterocycles. The molecule has 0 saturated carbocycles. The number of carbonyl (C=O) groups is 1. The molecule has 0 aromatic heterocycles. The van der Waals surface area contributed by atoms with Crippen molar-refractivity contribution in [2.45, 2.75) is 25.8 Å². The van der Waals surface area contributed by atoms with Crippen molar-refractivity contribution in [1.82, 2.24) is 5.32 Å². The molecule has 1 rings (SSSR count). The summed E-state index contributed by atoms with van der Waals surface area (Å²) < 4.78 is 6.06. The predicted molar refractivity (Wildman–Crippen MR) is 83.6 cm³/mol. The fourth-order valence-electron chi connectivity index (χ4n) is 1.66.